The van der Waals surface area contributed by atoms with E-state index in [1.54, 1.807) is 18.3 Å². The third-order valence-electron chi connectivity index (χ3n) is 4.99. The number of carbonyl (C=O) groups is 2. The van der Waals surface area contributed by atoms with Gasteiger partial charge >= 0.3 is 5.97 Å². The van der Waals surface area contributed by atoms with Crippen LogP contribution in [0.15, 0.2) is 11.4 Å². The van der Waals surface area contributed by atoms with E-state index in [1.165, 1.54) is 10.4 Å². The summed E-state index contributed by atoms with van der Waals surface area (Å²) < 4.78 is 0. The predicted octanol–water partition coefficient (Wildman–Crippen LogP) is 2.52. The average molecular weight is 336 g/mol. The minimum Gasteiger partial charge on any atom is -0.480 e. The molecule has 2 aliphatic rings. The normalized spacial score (nSPS) is 22.0. The number of hydrogen-bond donors (Lipinski definition) is 1. The Morgan fingerprint density at radius 2 is 2.22 bits per heavy atom. The fourth-order valence-corrected chi connectivity index (χ4v) is 4.44. The molecule has 0 aromatic carbocycles. The van der Waals surface area contributed by atoms with Crippen molar-refractivity contribution in [3.63, 3.8) is 0 Å². The number of carboxylic acid groups (broad SMARTS) is 1. The van der Waals surface area contributed by atoms with Gasteiger partial charge in [0.2, 0.25) is 5.91 Å². The molecule has 1 fully saturated rings. The summed E-state index contributed by atoms with van der Waals surface area (Å²) in [6, 6.07) is 1.92. The highest BCUT2D eigenvalue weighted by Gasteiger charge is 2.38. The summed E-state index contributed by atoms with van der Waals surface area (Å²) in [5.74, 6) is -0.788. The standard InChI is InChI=1S/C17H24N2O3S/c1-3-14-13-7-9-23-15(13)6-8-18(14)16(20)10-19(12-4-5-12)11(2)17(21)22/h7,9,11-12,14H,3-6,8,10H2,1-2H3,(H,21,22). The third kappa shape index (κ3) is 3.28. The molecule has 0 spiro atoms. The van der Waals surface area contributed by atoms with Crippen molar-refractivity contribution in [1.82, 2.24) is 9.80 Å². The Morgan fingerprint density at radius 1 is 1.48 bits per heavy atom. The van der Waals surface area contributed by atoms with Crippen molar-refractivity contribution in [1.29, 1.82) is 0 Å². The molecule has 3 rings (SSSR count). The minimum atomic E-state index is -0.851. The summed E-state index contributed by atoms with van der Waals surface area (Å²) in [4.78, 5) is 29.4. The first-order valence-electron chi connectivity index (χ1n) is 8.37. The summed E-state index contributed by atoms with van der Waals surface area (Å²) in [7, 11) is 0. The molecule has 0 saturated heterocycles. The number of carboxylic acids is 1. The first-order valence-corrected chi connectivity index (χ1v) is 9.25. The first kappa shape index (κ1) is 16.5. The van der Waals surface area contributed by atoms with Crippen molar-refractivity contribution in [2.45, 2.75) is 57.7 Å². The molecule has 5 nitrogen and oxygen atoms in total. The van der Waals surface area contributed by atoms with Crippen molar-refractivity contribution in [3.8, 4) is 0 Å². The van der Waals surface area contributed by atoms with Crippen LogP contribution >= 0.6 is 11.3 Å². The number of amides is 1. The summed E-state index contributed by atoms with van der Waals surface area (Å²) in [6.45, 7) is 4.74. The van der Waals surface area contributed by atoms with Gasteiger partial charge in [-0.3, -0.25) is 14.5 Å². The van der Waals surface area contributed by atoms with Crippen molar-refractivity contribution in [3.05, 3.63) is 21.9 Å². The average Bonchev–Trinajstić information content (AvgIpc) is 3.26. The van der Waals surface area contributed by atoms with Gasteiger partial charge in [0.25, 0.3) is 0 Å². The fourth-order valence-electron chi connectivity index (χ4n) is 3.51. The largest absolute Gasteiger partial charge is 0.480 e. The van der Waals surface area contributed by atoms with Crippen LogP contribution in [0.2, 0.25) is 0 Å². The van der Waals surface area contributed by atoms with E-state index in [9.17, 15) is 14.7 Å². The highest BCUT2D eigenvalue weighted by atomic mass is 32.1. The van der Waals surface area contributed by atoms with Gasteiger partial charge in [0.05, 0.1) is 12.6 Å². The molecule has 23 heavy (non-hydrogen) atoms. The smallest absolute Gasteiger partial charge is 0.320 e. The van der Waals surface area contributed by atoms with E-state index in [1.807, 2.05) is 9.80 Å². The van der Waals surface area contributed by atoms with E-state index in [4.69, 9.17) is 0 Å². The van der Waals surface area contributed by atoms with Crippen molar-refractivity contribution in [2.24, 2.45) is 0 Å². The number of nitrogens with zero attached hydrogens (tertiary/aromatic N) is 2. The SMILES string of the molecule is CCC1c2ccsc2CCN1C(=O)CN(C1CC1)C(C)C(=O)O. The zero-order valence-electron chi connectivity index (χ0n) is 13.7. The maximum absolute atomic E-state index is 12.9. The molecule has 6 heteroatoms. The molecule has 0 radical (unpaired) electrons. The number of thiophene rings is 1. The van der Waals surface area contributed by atoms with E-state index in [0.29, 0.717) is 0 Å². The molecule has 2 unspecified atom stereocenters. The highest BCUT2D eigenvalue weighted by Crippen LogP contribution is 2.36. The van der Waals surface area contributed by atoms with Gasteiger partial charge in [-0.25, -0.2) is 0 Å². The predicted molar refractivity (Wildman–Crippen MR) is 89.6 cm³/mol. The van der Waals surface area contributed by atoms with Crippen LogP contribution in [-0.2, 0) is 16.0 Å². The van der Waals surface area contributed by atoms with Crippen LogP contribution in [0.3, 0.4) is 0 Å². The quantitative estimate of drug-likeness (QED) is 0.867. The van der Waals surface area contributed by atoms with Crippen LogP contribution < -0.4 is 0 Å². The molecular formula is C17H24N2O3S. The van der Waals surface area contributed by atoms with Crippen LogP contribution in [-0.4, -0.2) is 52.0 Å². The Labute approximate surface area is 140 Å². The topological polar surface area (TPSA) is 60.9 Å². The Bertz CT molecular complexity index is 596. The second kappa shape index (κ2) is 6.61. The molecule has 2 heterocycles. The molecule has 1 aromatic heterocycles. The number of fused-ring (bicyclic) bond motifs is 1. The van der Waals surface area contributed by atoms with Gasteiger partial charge in [0.1, 0.15) is 6.04 Å². The van der Waals surface area contributed by atoms with Gasteiger partial charge < -0.3 is 10.0 Å². The fraction of sp³-hybridized carbons (Fsp3) is 0.647. The highest BCUT2D eigenvalue weighted by molar-refractivity contribution is 7.10. The van der Waals surface area contributed by atoms with E-state index in [0.717, 1.165) is 32.2 Å². The molecule has 0 bridgehead atoms. The Hall–Kier alpha value is -1.40. The van der Waals surface area contributed by atoms with Gasteiger partial charge in [-0.2, -0.15) is 0 Å². The molecule has 1 aliphatic carbocycles. The minimum absolute atomic E-state index is 0.0636. The number of hydrogen-bond acceptors (Lipinski definition) is 4. The summed E-state index contributed by atoms with van der Waals surface area (Å²) in [5, 5.41) is 11.4. The number of carbonyl (C=O) groups excluding carboxylic acids is 1. The second-order valence-electron chi connectivity index (χ2n) is 6.48. The van der Waals surface area contributed by atoms with E-state index in [-0.39, 0.29) is 24.5 Å². The Balaban J connectivity index is 1.73. The van der Waals surface area contributed by atoms with E-state index >= 15 is 0 Å². The number of rotatable bonds is 6. The van der Waals surface area contributed by atoms with Crippen LogP contribution in [0.1, 0.15) is 49.6 Å². The van der Waals surface area contributed by atoms with Crippen LogP contribution in [0.25, 0.3) is 0 Å². The van der Waals surface area contributed by atoms with Gasteiger partial charge in [0, 0.05) is 17.5 Å². The number of aliphatic carboxylic acids is 1. The zero-order chi connectivity index (χ0) is 16.6. The van der Waals surface area contributed by atoms with Crippen LogP contribution in [0, 0.1) is 0 Å². The summed E-state index contributed by atoms with van der Waals surface area (Å²) in [5.41, 5.74) is 1.28. The van der Waals surface area contributed by atoms with Crippen molar-refractivity contribution >= 4 is 23.2 Å². The van der Waals surface area contributed by atoms with E-state index < -0.39 is 12.0 Å². The maximum atomic E-state index is 12.9. The second-order valence-corrected chi connectivity index (χ2v) is 7.48. The van der Waals surface area contributed by atoms with Crippen LogP contribution in [0.5, 0.6) is 0 Å². The third-order valence-corrected chi connectivity index (χ3v) is 5.99. The van der Waals surface area contributed by atoms with Gasteiger partial charge in [-0.15, -0.1) is 11.3 Å². The molecule has 1 amide bonds. The lowest BCUT2D eigenvalue weighted by Gasteiger charge is -2.37. The molecule has 1 N–H and O–H groups in total. The molecular weight excluding hydrogens is 312 g/mol. The Kier molecular flexibility index (Phi) is 4.73. The molecule has 1 aromatic rings. The first-order chi connectivity index (χ1) is 11.0. The molecule has 2 atom stereocenters. The molecule has 1 aliphatic heterocycles. The van der Waals surface area contributed by atoms with Crippen LogP contribution in [0.4, 0.5) is 0 Å². The van der Waals surface area contributed by atoms with Crippen molar-refractivity contribution < 1.29 is 14.7 Å². The van der Waals surface area contributed by atoms with E-state index in [2.05, 4.69) is 18.4 Å². The summed E-state index contributed by atoms with van der Waals surface area (Å²) in [6.07, 6.45) is 3.80. The maximum Gasteiger partial charge on any atom is 0.320 e. The van der Waals surface area contributed by atoms with Gasteiger partial charge in [-0.05, 0) is 49.6 Å². The lowest BCUT2D eigenvalue weighted by molar-refractivity contribution is -0.145. The lowest BCUT2D eigenvalue weighted by Crippen LogP contribution is -2.49. The summed E-state index contributed by atoms with van der Waals surface area (Å²) >= 11 is 1.77. The van der Waals surface area contributed by atoms with Crippen molar-refractivity contribution in [2.75, 3.05) is 13.1 Å². The molecule has 126 valence electrons. The van der Waals surface area contributed by atoms with Gasteiger partial charge in [-0.1, -0.05) is 6.92 Å². The Morgan fingerprint density at radius 3 is 2.83 bits per heavy atom. The molecule has 1 saturated carbocycles. The zero-order valence-corrected chi connectivity index (χ0v) is 14.5. The lowest BCUT2D eigenvalue weighted by atomic mass is 9.97. The van der Waals surface area contributed by atoms with Gasteiger partial charge in [0.15, 0.2) is 0 Å². The monoisotopic (exact) mass is 336 g/mol.